The number of pyridine rings is 1. The maximum atomic E-state index is 11.9. The molecule has 0 spiro atoms. The Morgan fingerprint density at radius 1 is 1.03 bits per heavy atom. The SMILES string of the molecule is O=C1NC(=O)c2cc(NC[C@H]3C[C@H](N4CC(c5ccc6c(n5)CCC6)C(C5CC5)=N4)C3)ccc21. The third-order valence-corrected chi connectivity index (χ3v) is 8.24. The highest BCUT2D eigenvalue weighted by atomic mass is 16.2. The smallest absolute Gasteiger partial charge is 0.259 e. The van der Waals surface area contributed by atoms with E-state index >= 15 is 0 Å². The van der Waals surface area contributed by atoms with Crippen LogP contribution < -0.4 is 10.6 Å². The van der Waals surface area contributed by atoms with Gasteiger partial charge in [-0.25, -0.2) is 0 Å². The zero-order valence-electron chi connectivity index (χ0n) is 19.2. The molecule has 3 heterocycles. The Morgan fingerprint density at radius 2 is 1.88 bits per heavy atom. The van der Waals surface area contributed by atoms with Crippen LogP contribution in [0.1, 0.15) is 75.7 Å². The molecule has 1 atom stereocenters. The molecule has 34 heavy (non-hydrogen) atoms. The molecular weight excluding hydrogens is 426 g/mol. The van der Waals surface area contributed by atoms with Crippen LogP contribution in [0, 0.1) is 11.8 Å². The summed E-state index contributed by atoms with van der Waals surface area (Å²) in [6.07, 6.45) is 8.34. The van der Waals surface area contributed by atoms with Crippen molar-refractivity contribution in [2.45, 2.75) is 56.9 Å². The second kappa shape index (κ2) is 7.65. The van der Waals surface area contributed by atoms with Crippen LogP contribution >= 0.6 is 0 Å². The van der Waals surface area contributed by atoms with Gasteiger partial charge >= 0.3 is 0 Å². The number of nitrogens with one attached hydrogen (secondary N) is 2. The van der Waals surface area contributed by atoms with Gasteiger partial charge in [0.15, 0.2) is 0 Å². The van der Waals surface area contributed by atoms with Gasteiger partial charge in [0.25, 0.3) is 11.8 Å². The third kappa shape index (κ3) is 3.40. The molecule has 7 rings (SSSR count). The maximum Gasteiger partial charge on any atom is 0.259 e. The standard InChI is InChI=1S/C27H29N5O2/c33-26-20-8-7-18(12-21(20)27(34)30-26)28-13-15-10-19(11-15)32-14-22(25(31-32)17-4-5-17)24-9-6-16-2-1-3-23(16)29-24/h6-9,12,15,17,19,22,28H,1-5,10-11,13-14H2,(H,30,33,34)/t15-,19-,22?. The second-order valence-electron chi connectivity index (χ2n) is 10.6. The highest BCUT2D eigenvalue weighted by Crippen LogP contribution is 2.43. The Hall–Kier alpha value is -3.22. The third-order valence-electron chi connectivity index (χ3n) is 8.24. The summed E-state index contributed by atoms with van der Waals surface area (Å²) < 4.78 is 0. The summed E-state index contributed by atoms with van der Waals surface area (Å²) in [6.45, 7) is 1.84. The lowest BCUT2D eigenvalue weighted by atomic mass is 9.79. The molecule has 2 amide bonds. The van der Waals surface area contributed by atoms with Gasteiger partial charge in [-0.1, -0.05) is 6.07 Å². The number of hydrogen-bond donors (Lipinski definition) is 2. The van der Waals surface area contributed by atoms with Crippen molar-refractivity contribution < 1.29 is 9.59 Å². The van der Waals surface area contributed by atoms with Crippen molar-refractivity contribution in [1.29, 1.82) is 0 Å². The average Bonchev–Trinajstić information content (AvgIpc) is 3.27. The van der Waals surface area contributed by atoms with Gasteiger partial charge in [-0.2, -0.15) is 5.10 Å². The molecule has 2 N–H and O–H groups in total. The number of amides is 2. The topological polar surface area (TPSA) is 86.7 Å². The molecule has 1 aromatic heterocycles. The zero-order valence-corrected chi connectivity index (χ0v) is 19.2. The molecule has 2 saturated carbocycles. The number of benzene rings is 1. The van der Waals surface area contributed by atoms with Crippen molar-refractivity contribution in [3.8, 4) is 0 Å². The van der Waals surface area contributed by atoms with E-state index in [1.807, 2.05) is 6.07 Å². The number of carbonyl (C=O) groups is 2. The predicted molar refractivity (Wildman–Crippen MR) is 129 cm³/mol. The van der Waals surface area contributed by atoms with Crippen molar-refractivity contribution in [1.82, 2.24) is 15.3 Å². The second-order valence-corrected chi connectivity index (χ2v) is 10.6. The van der Waals surface area contributed by atoms with Crippen LogP contribution in [-0.2, 0) is 12.8 Å². The first-order chi connectivity index (χ1) is 16.6. The number of fused-ring (bicyclic) bond motifs is 2. The molecule has 3 aliphatic carbocycles. The van der Waals surface area contributed by atoms with Gasteiger partial charge in [0.1, 0.15) is 0 Å². The summed E-state index contributed by atoms with van der Waals surface area (Å²) in [5, 5.41) is 13.3. The lowest BCUT2D eigenvalue weighted by Crippen LogP contribution is -2.43. The Bertz CT molecular complexity index is 1230. The van der Waals surface area contributed by atoms with Crippen LogP contribution in [0.25, 0.3) is 0 Å². The van der Waals surface area contributed by atoms with E-state index in [0.717, 1.165) is 38.0 Å². The first-order valence-electron chi connectivity index (χ1n) is 12.7. The minimum atomic E-state index is -0.307. The fourth-order valence-corrected chi connectivity index (χ4v) is 6.04. The van der Waals surface area contributed by atoms with E-state index in [2.05, 4.69) is 27.8 Å². The Balaban J connectivity index is 0.978. The number of imide groups is 1. The molecule has 2 aliphatic heterocycles. The molecule has 1 aromatic carbocycles. The normalized spacial score (nSPS) is 27.2. The quantitative estimate of drug-likeness (QED) is 0.651. The van der Waals surface area contributed by atoms with Gasteiger partial charge in [-0.05, 0) is 86.6 Å². The van der Waals surface area contributed by atoms with Gasteiger partial charge in [0.2, 0.25) is 0 Å². The monoisotopic (exact) mass is 455 g/mol. The summed E-state index contributed by atoms with van der Waals surface area (Å²) in [4.78, 5) is 28.7. The lowest BCUT2D eigenvalue weighted by molar-refractivity contribution is 0.0879. The van der Waals surface area contributed by atoms with Crippen LogP contribution in [-0.4, -0.2) is 46.7 Å². The summed E-state index contributed by atoms with van der Waals surface area (Å²) in [5.74, 6) is 0.990. The Morgan fingerprint density at radius 3 is 2.74 bits per heavy atom. The molecule has 2 fully saturated rings. The number of carbonyl (C=O) groups excluding carboxylic acids is 2. The van der Waals surface area contributed by atoms with Crippen LogP contribution in [0.2, 0.25) is 0 Å². The molecule has 2 aromatic rings. The zero-order chi connectivity index (χ0) is 22.8. The summed E-state index contributed by atoms with van der Waals surface area (Å²) in [7, 11) is 0. The summed E-state index contributed by atoms with van der Waals surface area (Å²) in [6, 6.07) is 10.5. The molecule has 174 valence electrons. The number of anilines is 1. The van der Waals surface area contributed by atoms with Crippen LogP contribution in [0.5, 0.6) is 0 Å². The molecule has 1 unspecified atom stereocenters. The van der Waals surface area contributed by atoms with Gasteiger partial charge in [-0.3, -0.25) is 24.9 Å². The number of rotatable bonds is 6. The van der Waals surface area contributed by atoms with Crippen molar-refractivity contribution in [3.63, 3.8) is 0 Å². The predicted octanol–water partition coefficient (Wildman–Crippen LogP) is 3.51. The highest BCUT2D eigenvalue weighted by Gasteiger charge is 2.43. The van der Waals surface area contributed by atoms with Crippen molar-refractivity contribution in [2.24, 2.45) is 16.9 Å². The number of aryl methyl sites for hydroxylation is 2. The molecular formula is C27H29N5O2. The number of hydrogen-bond acceptors (Lipinski definition) is 6. The minimum Gasteiger partial charge on any atom is -0.385 e. The van der Waals surface area contributed by atoms with Crippen LogP contribution in [0.3, 0.4) is 0 Å². The van der Waals surface area contributed by atoms with Crippen molar-refractivity contribution in [3.05, 3.63) is 58.4 Å². The van der Waals surface area contributed by atoms with Crippen molar-refractivity contribution in [2.75, 3.05) is 18.4 Å². The van der Waals surface area contributed by atoms with Crippen LogP contribution in [0.15, 0.2) is 35.4 Å². The average molecular weight is 456 g/mol. The molecule has 5 aliphatic rings. The molecule has 0 bridgehead atoms. The molecule has 7 heteroatoms. The fourth-order valence-electron chi connectivity index (χ4n) is 6.04. The Labute approximate surface area is 199 Å². The van der Waals surface area contributed by atoms with E-state index in [4.69, 9.17) is 10.1 Å². The molecule has 0 saturated heterocycles. The van der Waals surface area contributed by atoms with Gasteiger partial charge in [-0.15, -0.1) is 0 Å². The van der Waals surface area contributed by atoms with Gasteiger partial charge in [0.05, 0.1) is 35.0 Å². The van der Waals surface area contributed by atoms with E-state index < -0.39 is 0 Å². The highest BCUT2D eigenvalue weighted by molar-refractivity contribution is 6.21. The van der Waals surface area contributed by atoms with E-state index in [1.54, 1.807) is 12.1 Å². The number of nitrogens with zero attached hydrogens (tertiary/aromatic N) is 3. The first kappa shape index (κ1) is 20.2. The van der Waals surface area contributed by atoms with E-state index in [1.165, 1.54) is 48.3 Å². The number of aromatic nitrogens is 1. The van der Waals surface area contributed by atoms with E-state index in [-0.39, 0.29) is 11.8 Å². The van der Waals surface area contributed by atoms with Gasteiger partial charge < -0.3 is 5.32 Å². The minimum absolute atomic E-state index is 0.307. The lowest BCUT2D eigenvalue weighted by Gasteiger charge is -2.40. The summed E-state index contributed by atoms with van der Waals surface area (Å²) >= 11 is 0. The Kier molecular flexibility index (Phi) is 4.54. The first-order valence-corrected chi connectivity index (χ1v) is 12.7. The van der Waals surface area contributed by atoms with Crippen molar-refractivity contribution >= 4 is 23.2 Å². The van der Waals surface area contributed by atoms with Gasteiger partial charge in [0, 0.05) is 24.0 Å². The number of hydrazone groups is 1. The largest absolute Gasteiger partial charge is 0.385 e. The van der Waals surface area contributed by atoms with E-state index in [9.17, 15) is 9.59 Å². The fraction of sp³-hybridized carbons (Fsp3) is 0.481. The van der Waals surface area contributed by atoms with E-state index in [0.29, 0.717) is 34.9 Å². The molecule has 0 radical (unpaired) electrons. The van der Waals surface area contributed by atoms with Crippen LogP contribution in [0.4, 0.5) is 5.69 Å². The molecule has 7 nitrogen and oxygen atoms in total. The summed E-state index contributed by atoms with van der Waals surface area (Å²) in [5.41, 5.74) is 7.17. The maximum absolute atomic E-state index is 11.9.